The molecule has 1 unspecified atom stereocenters. The second-order valence-electron chi connectivity index (χ2n) is 4.96. The highest BCUT2D eigenvalue weighted by Gasteiger charge is 2.32. The Morgan fingerprint density at radius 1 is 1.33 bits per heavy atom. The van der Waals surface area contributed by atoms with Crippen LogP contribution in [0.15, 0.2) is 29.2 Å². The first-order valence-corrected chi connectivity index (χ1v) is 6.97. The molecule has 2 rings (SSSR count). The molecule has 0 N–H and O–H groups in total. The van der Waals surface area contributed by atoms with E-state index in [4.69, 9.17) is 13.7 Å². The number of hydrogen-bond donors (Lipinski definition) is 0. The van der Waals surface area contributed by atoms with Crippen LogP contribution in [0.25, 0.3) is 0 Å². The van der Waals surface area contributed by atoms with E-state index in [9.17, 15) is 0 Å². The summed E-state index contributed by atoms with van der Waals surface area (Å²) in [6.07, 6.45) is 1.01. The van der Waals surface area contributed by atoms with Gasteiger partial charge in [-0.3, -0.25) is 0 Å². The summed E-state index contributed by atoms with van der Waals surface area (Å²) in [7, 11) is 0. The molecule has 0 radical (unpaired) electrons. The van der Waals surface area contributed by atoms with Crippen molar-refractivity contribution in [1.29, 1.82) is 0 Å². The Kier molecular flexibility index (Phi) is 4.67. The molecule has 3 nitrogen and oxygen atoms in total. The minimum atomic E-state index is -0.436. The van der Waals surface area contributed by atoms with Crippen LogP contribution < -0.4 is 0 Å². The predicted octanol–water partition coefficient (Wildman–Crippen LogP) is 3.56. The molecule has 0 amide bonds. The van der Waals surface area contributed by atoms with E-state index in [0.717, 1.165) is 11.3 Å². The van der Waals surface area contributed by atoms with Crippen LogP contribution in [0.3, 0.4) is 0 Å². The molecule has 1 aromatic carbocycles. The number of rotatable bonds is 5. The summed E-state index contributed by atoms with van der Waals surface area (Å²) in [6, 6.07) is 8.31. The first kappa shape index (κ1) is 13.9. The standard InChI is InChI=1S/C14H20O3S/c1-11-4-6-13(7-5-11)18-16-9-8-12-10-15-14(2,3)17-12/h4-7,12H,8-10H2,1-3H3. The fraction of sp³-hybridized carbons (Fsp3) is 0.571. The molecule has 1 aromatic rings. The molecular weight excluding hydrogens is 248 g/mol. The van der Waals surface area contributed by atoms with Gasteiger partial charge in [-0.25, -0.2) is 0 Å². The van der Waals surface area contributed by atoms with Gasteiger partial charge < -0.3 is 13.7 Å². The smallest absolute Gasteiger partial charge is 0.163 e. The largest absolute Gasteiger partial charge is 0.348 e. The number of aryl methyl sites for hydroxylation is 1. The van der Waals surface area contributed by atoms with Gasteiger partial charge in [0.25, 0.3) is 0 Å². The first-order chi connectivity index (χ1) is 8.55. The summed E-state index contributed by atoms with van der Waals surface area (Å²) in [5, 5.41) is 0. The molecular formula is C14H20O3S. The van der Waals surface area contributed by atoms with Gasteiger partial charge in [-0.2, -0.15) is 0 Å². The third kappa shape index (κ3) is 4.28. The minimum Gasteiger partial charge on any atom is -0.348 e. The fourth-order valence-electron chi connectivity index (χ4n) is 1.79. The lowest BCUT2D eigenvalue weighted by molar-refractivity contribution is -0.139. The maximum Gasteiger partial charge on any atom is 0.163 e. The van der Waals surface area contributed by atoms with Crippen molar-refractivity contribution >= 4 is 12.0 Å². The van der Waals surface area contributed by atoms with Gasteiger partial charge in [0.2, 0.25) is 0 Å². The molecule has 0 saturated carbocycles. The van der Waals surface area contributed by atoms with Crippen molar-refractivity contribution in [3.05, 3.63) is 29.8 Å². The highest BCUT2D eigenvalue weighted by molar-refractivity contribution is 7.94. The van der Waals surface area contributed by atoms with Crippen LogP contribution in [0.4, 0.5) is 0 Å². The van der Waals surface area contributed by atoms with E-state index in [1.165, 1.54) is 17.6 Å². The maximum atomic E-state index is 5.71. The van der Waals surface area contributed by atoms with E-state index in [-0.39, 0.29) is 6.10 Å². The fourth-order valence-corrected chi connectivity index (χ4v) is 2.35. The molecule has 1 fully saturated rings. The lowest BCUT2D eigenvalue weighted by Gasteiger charge is -2.16. The molecule has 1 aliphatic heterocycles. The summed E-state index contributed by atoms with van der Waals surface area (Å²) in [5.74, 6) is -0.436. The van der Waals surface area contributed by atoms with Gasteiger partial charge in [-0.15, -0.1) is 0 Å². The zero-order chi connectivity index (χ0) is 13.0. The normalized spacial score (nSPS) is 22.3. The van der Waals surface area contributed by atoms with Gasteiger partial charge in [0.1, 0.15) is 0 Å². The Hall–Kier alpha value is -0.550. The first-order valence-electron chi connectivity index (χ1n) is 6.23. The average Bonchev–Trinajstić information content (AvgIpc) is 2.67. The van der Waals surface area contributed by atoms with Crippen molar-refractivity contribution in [2.24, 2.45) is 0 Å². The van der Waals surface area contributed by atoms with Crippen LogP contribution in [-0.4, -0.2) is 25.1 Å². The second-order valence-corrected chi connectivity index (χ2v) is 5.83. The van der Waals surface area contributed by atoms with E-state index in [0.29, 0.717) is 13.2 Å². The number of ether oxygens (including phenoxy) is 2. The Balaban J connectivity index is 1.63. The zero-order valence-corrected chi connectivity index (χ0v) is 12.0. The zero-order valence-electron chi connectivity index (χ0n) is 11.1. The highest BCUT2D eigenvalue weighted by atomic mass is 32.2. The maximum absolute atomic E-state index is 5.71. The van der Waals surface area contributed by atoms with Crippen LogP contribution in [0.5, 0.6) is 0 Å². The minimum absolute atomic E-state index is 0.151. The molecule has 0 aromatic heterocycles. The quantitative estimate of drug-likeness (QED) is 0.603. The summed E-state index contributed by atoms with van der Waals surface area (Å²) >= 11 is 1.42. The molecule has 1 saturated heterocycles. The molecule has 1 heterocycles. The van der Waals surface area contributed by atoms with Gasteiger partial charge in [0.15, 0.2) is 5.79 Å². The number of benzene rings is 1. The second kappa shape index (κ2) is 6.06. The molecule has 4 heteroatoms. The van der Waals surface area contributed by atoms with E-state index < -0.39 is 5.79 Å². The SMILES string of the molecule is Cc1ccc(SOCCC2COC(C)(C)O2)cc1. The highest BCUT2D eigenvalue weighted by Crippen LogP contribution is 2.25. The van der Waals surface area contributed by atoms with Gasteiger partial charge in [0.05, 0.1) is 19.3 Å². The Bertz CT molecular complexity index is 375. The Morgan fingerprint density at radius 2 is 2.06 bits per heavy atom. The summed E-state index contributed by atoms with van der Waals surface area (Å²) in [6.45, 7) is 7.28. The Morgan fingerprint density at radius 3 is 2.67 bits per heavy atom. The van der Waals surface area contributed by atoms with Crippen molar-refractivity contribution in [1.82, 2.24) is 0 Å². The van der Waals surface area contributed by atoms with Crippen molar-refractivity contribution in [3.63, 3.8) is 0 Å². The van der Waals surface area contributed by atoms with Gasteiger partial charge in [0, 0.05) is 23.4 Å². The van der Waals surface area contributed by atoms with Gasteiger partial charge >= 0.3 is 0 Å². The molecule has 18 heavy (non-hydrogen) atoms. The predicted molar refractivity (Wildman–Crippen MR) is 72.5 cm³/mol. The van der Waals surface area contributed by atoms with Crippen LogP contribution in [-0.2, 0) is 13.7 Å². The molecule has 0 spiro atoms. The summed E-state index contributed by atoms with van der Waals surface area (Å²) in [5.41, 5.74) is 1.26. The lowest BCUT2D eigenvalue weighted by Crippen LogP contribution is -2.21. The van der Waals surface area contributed by atoms with Gasteiger partial charge in [-0.05, 0) is 32.9 Å². The topological polar surface area (TPSA) is 27.7 Å². The summed E-state index contributed by atoms with van der Waals surface area (Å²) < 4.78 is 16.8. The van der Waals surface area contributed by atoms with Crippen LogP contribution in [0, 0.1) is 6.92 Å². The van der Waals surface area contributed by atoms with Crippen LogP contribution in [0.2, 0.25) is 0 Å². The van der Waals surface area contributed by atoms with Gasteiger partial charge in [-0.1, -0.05) is 17.7 Å². The molecule has 100 valence electrons. The molecule has 1 aliphatic rings. The third-order valence-electron chi connectivity index (χ3n) is 2.77. The van der Waals surface area contributed by atoms with E-state index >= 15 is 0 Å². The van der Waals surface area contributed by atoms with Crippen molar-refractivity contribution in [2.45, 2.75) is 44.0 Å². The van der Waals surface area contributed by atoms with Crippen LogP contribution in [0.1, 0.15) is 25.8 Å². The van der Waals surface area contributed by atoms with Crippen LogP contribution >= 0.6 is 12.0 Å². The lowest BCUT2D eigenvalue weighted by atomic mass is 10.2. The third-order valence-corrected chi connectivity index (χ3v) is 3.52. The summed E-state index contributed by atoms with van der Waals surface area (Å²) in [4.78, 5) is 1.13. The van der Waals surface area contributed by atoms with E-state index in [2.05, 4.69) is 31.2 Å². The monoisotopic (exact) mass is 268 g/mol. The van der Waals surface area contributed by atoms with Crippen molar-refractivity contribution < 1.29 is 13.7 Å². The molecule has 0 aliphatic carbocycles. The molecule has 1 atom stereocenters. The molecule has 0 bridgehead atoms. The van der Waals surface area contributed by atoms with Crippen molar-refractivity contribution in [3.8, 4) is 0 Å². The number of hydrogen-bond acceptors (Lipinski definition) is 4. The van der Waals surface area contributed by atoms with Crippen molar-refractivity contribution in [2.75, 3.05) is 13.2 Å². The van der Waals surface area contributed by atoms with E-state index in [1.54, 1.807) is 0 Å². The van der Waals surface area contributed by atoms with E-state index in [1.807, 2.05) is 13.8 Å². The Labute approximate surface area is 113 Å². The average molecular weight is 268 g/mol.